The van der Waals surface area contributed by atoms with Gasteiger partial charge in [0.05, 0.1) is 11.4 Å². The smallest absolute Gasteiger partial charge is 0.253 e. The van der Waals surface area contributed by atoms with Crippen LogP contribution in [0.4, 0.5) is 11.4 Å². The van der Waals surface area contributed by atoms with Crippen LogP contribution in [0.5, 0.6) is 0 Å². The first-order chi connectivity index (χ1) is 9.75. The lowest BCUT2D eigenvalue weighted by Crippen LogP contribution is -2.30. The van der Waals surface area contributed by atoms with Crippen LogP contribution < -0.4 is 10.6 Å². The first-order valence-electron chi connectivity index (χ1n) is 7.69. The Morgan fingerprint density at radius 3 is 2.25 bits per heavy atom. The molecule has 1 aromatic rings. The second kappa shape index (κ2) is 5.73. The van der Waals surface area contributed by atoms with E-state index in [1.807, 2.05) is 23.1 Å². The van der Waals surface area contributed by atoms with Gasteiger partial charge < -0.3 is 15.5 Å². The average Bonchev–Trinajstić information content (AvgIpc) is 3.01. The van der Waals surface area contributed by atoms with E-state index in [1.54, 1.807) is 0 Å². The fraction of sp³-hybridized carbons (Fsp3) is 0.562. The highest BCUT2D eigenvalue weighted by Gasteiger charge is 2.21. The van der Waals surface area contributed by atoms with Crippen molar-refractivity contribution >= 4 is 17.3 Å². The van der Waals surface area contributed by atoms with Gasteiger partial charge in [0.2, 0.25) is 0 Å². The summed E-state index contributed by atoms with van der Waals surface area (Å²) in [6.07, 6.45) is 6.00. The average molecular weight is 273 g/mol. The van der Waals surface area contributed by atoms with Gasteiger partial charge in [-0.2, -0.15) is 0 Å². The van der Waals surface area contributed by atoms with E-state index < -0.39 is 0 Å². The molecule has 4 nitrogen and oxygen atoms in total. The second-order valence-corrected chi connectivity index (χ2v) is 5.82. The van der Waals surface area contributed by atoms with Crippen LogP contribution in [0.25, 0.3) is 0 Å². The van der Waals surface area contributed by atoms with Crippen molar-refractivity contribution in [2.75, 3.05) is 36.8 Å². The number of carbonyl (C=O) groups is 1. The van der Waals surface area contributed by atoms with Gasteiger partial charge in [-0.25, -0.2) is 0 Å². The number of hydrogen-bond donors (Lipinski definition) is 1. The summed E-state index contributed by atoms with van der Waals surface area (Å²) in [5.74, 6) is 0.124. The van der Waals surface area contributed by atoms with Gasteiger partial charge in [0, 0.05) is 31.7 Å². The molecule has 2 fully saturated rings. The van der Waals surface area contributed by atoms with E-state index in [-0.39, 0.29) is 5.91 Å². The minimum Gasteiger partial charge on any atom is -0.397 e. The highest BCUT2D eigenvalue weighted by atomic mass is 16.2. The van der Waals surface area contributed by atoms with Crippen molar-refractivity contribution < 1.29 is 4.79 Å². The van der Waals surface area contributed by atoms with Crippen LogP contribution in [-0.2, 0) is 0 Å². The Labute approximate surface area is 120 Å². The minimum atomic E-state index is 0.124. The topological polar surface area (TPSA) is 49.6 Å². The Bertz CT molecular complexity index is 488. The normalized spacial score (nSPS) is 19.4. The van der Waals surface area contributed by atoms with E-state index in [1.165, 1.54) is 19.3 Å². The Balaban J connectivity index is 1.77. The predicted octanol–water partition coefficient (Wildman–Crippen LogP) is 2.50. The first-order valence-corrected chi connectivity index (χ1v) is 7.69. The molecule has 0 saturated carbocycles. The number of likely N-dealkylation sites (tertiary alicyclic amines) is 1. The number of nitrogen functional groups attached to an aromatic ring is 1. The quantitative estimate of drug-likeness (QED) is 0.842. The van der Waals surface area contributed by atoms with Gasteiger partial charge in [-0.05, 0) is 50.3 Å². The summed E-state index contributed by atoms with van der Waals surface area (Å²) >= 11 is 0. The summed E-state index contributed by atoms with van der Waals surface area (Å²) in [4.78, 5) is 16.6. The molecule has 2 aliphatic heterocycles. The van der Waals surface area contributed by atoms with Crippen molar-refractivity contribution in [3.05, 3.63) is 23.8 Å². The number of amides is 1. The maximum Gasteiger partial charge on any atom is 0.253 e. The van der Waals surface area contributed by atoms with Gasteiger partial charge in [0.1, 0.15) is 0 Å². The van der Waals surface area contributed by atoms with Crippen LogP contribution >= 0.6 is 0 Å². The maximum absolute atomic E-state index is 12.3. The zero-order valence-electron chi connectivity index (χ0n) is 12.0. The number of hydrogen-bond acceptors (Lipinski definition) is 3. The molecule has 1 aromatic carbocycles. The fourth-order valence-corrected chi connectivity index (χ4v) is 3.21. The van der Waals surface area contributed by atoms with Crippen LogP contribution in [0.2, 0.25) is 0 Å². The third-order valence-electron chi connectivity index (χ3n) is 4.36. The maximum atomic E-state index is 12.3. The Hall–Kier alpha value is -1.71. The molecule has 0 atom stereocenters. The van der Waals surface area contributed by atoms with Gasteiger partial charge in [-0.1, -0.05) is 0 Å². The predicted molar refractivity (Wildman–Crippen MR) is 82.1 cm³/mol. The molecule has 0 aromatic heterocycles. The highest BCUT2D eigenvalue weighted by molar-refractivity contribution is 5.96. The van der Waals surface area contributed by atoms with Crippen molar-refractivity contribution in [2.24, 2.45) is 0 Å². The zero-order chi connectivity index (χ0) is 13.9. The molecular weight excluding hydrogens is 250 g/mol. The molecular formula is C16H23N3O. The van der Waals surface area contributed by atoms with Crippen molar-refractivity contribution in [2.45, 2.75) is 32.1 Å². The minimum absolute atomic E-state index is 0.124. The molecule has 108 valence electrons. The lowest BCUT2D eigenvalue weighted by Gasteiger charge is -2.30. The second-order valence-electron chi connectivity index (χ2n) is 5.82. The molecule has 4 heteroatoms. The Morgan fingerprint density at radius 1 is 0.950 bits per heavy atom. The molecule has 20 heavy (non-hydrogen) atoms. The third-order valence-corrected chi connectivity index (χ3v) is 4.36. The zero-order valence-corrected chi connectivity index (χ0v) is 12.0. The van der Waals surface area contributed by atoms with Crippen LogP contribution in [-0.4, -0.2) is 37.0 Å². The van der Waals surface area contributed by atoms with Crippen molar-refractivity contribution in [3.63, 3.8) is 0 Å². The Kier molecular flexibility index (Phi) is 3.81. The molecule has 2 heterocycles. The van der Waals surface area contributed by atoms with Crippen molar-refractivity contribution in [1.29, 1.82) is 0 Å². The third kappa shape index (κ3) is 2.60. The van der Waals surface area contributed by atoms with Crippen molar-refractivity contribution in [3.8, 4) is 0 Å². The highest BCUT2D eigenvalue weighted by Crippen LogP contribution is 2.28. The van der Waals surface area contributed by atoms with E-state index in [4.69, 9.17) is 5.73 Å². The molecule has 0 unspecified atom stereocenters. The number of carbonyl (C=O) groups excluding carboxylic acids is 1. The SMILES string of the molecule is Nc1cc(C(=O)N2CCCC2)ccc1N1CCCCC1. The number of anilines is 2. The standard InChI is InChI=1S/C16H23N3O/c17-14-12-13(16(20)19-10-4-5-11-19)6-7-15(14)18-8-2-1-3-9-18/h6-7,12H,1-5,8-11,17H2. The number of piperidine rings is 1. The fourth-order valence-electron chi connectivity index (χ4n) is 3.21. The molecule has 0 bridgehead atoms. The number of nitrogens with two attached hydrogens (primary N) is 1. The van der Waals surface area contributed by atoms with Crippen LogP contribution in [0.1, 0.15) is 42.5 Å². The van der Waals surface area contributed by atoms with Gasteiger partial charge in [-0.15, -0.1) is 0 Å². The van der Waals surface area contributed by atoms with E-state index >= 15 is 0 Å². The van der Waals surface area contributed by atoms with Crippen LogP contribution in [0.3, 0.4) is 0 Å². The summed E-state index contributed by atoms with van der Waals surface area (Å²) in [5, 5.41) is 0. The summed E-state index contributed by atoms with van der Waals surface area (Å²) in [6, 6.07) is 5.80. The molecule has 1 amide bonds. The summed E-state index contributed by atoms with van der Waals surface area (Å²) in [5.41, 5.74) is 8.72. The molecule has 0 radical (unpaired) electrons. The number of benzene rings is 1. The van der Waals surface area contributed by atoms with E-state index in [0.717, 1.165) is 56.0 Å². The van der Waals surface area contributed by atoms with E-state index in [2.05, 4.69) is 4.90 Å². The summed E-state index contributed by atoms with van der Waals surface area (Å²) in [7, 11) is 0. The number of nitrogens with zero attached hydrogens (tertiary/aromatic N) is 2. The molecule has 2 N–H and O–H groups in total. The monoisotopic (exact) mass is 273 g/mol. The van der Waals surface area contributed by atoms with Crippen LogP contribution in [0.15, 0.2) is 18.2 Å². The van der Waals surface area contributed by atoms with Gasteiger partial charge in [0.15, 0.2) is 0 Å². The largest absolute Gasteiger partial charge is 0.397 e. The van der Waals surface area contributed by atoms with Crippen molar-refractivity contribution in [1.82, 2.24) is 4.90 Å². The molecule has 0 aliphatic carbocycles. The van der Waals surface area contributed by atoms with Gasteiger partial charge >= 0.3 is 0 Å². The molecule has 2 saturated heterocycles. The molecule has 2 aliphatic rings. The van der Waals surface area contributed by atoms with Gasteiger partial charge in [-0.3, -0.25) is 4.79 Å². The molecule has 3 rings (SSSR count). The summed E-state index contributed by atoms with van der Waals surface area (Å²) < 4.78 is 0. The lowest BCUT2D eigenvalue weighted by molar-refractivity contribution is 0.0793. The van der Waals surface area contributed by atoms with E-state index in [9.17, 15) is 4.79 Å². The van der Waals surface area contributed by atoms with Gasteiger partial charge in [0.25, 0.3) is 5.91 Å². The lowest BCUT2D eigenvalue weighted by atomic mass is 10.1. The van der Waals surface area contributed by atoms with E-state index in [0.29, 0.717) is 0 Å². The Morgan fingerprint density at radius 2 is 1.60 bits per heavy atom. The first kappa shape index (κ1) is 13.3. The number of rotatable bonds is 2. The summed E-state index contributed by atoms with van der Waals surface area (Å²) in [6.45, 7) is 3.91. The molecule has 0 spiro atoms. The van der Waals surface area contributed by atoms with Crippen LogP contribution in [0, 0.1) is 0 Å².